The van der Waals surface area contributed by atoms with Crippen LogP contribution in [0, 0.1) is 0 Å². The van der Waals surface area contributed by atoms with Crippen LogP contribution >= 0.6 is 0 Å². The third-order valence-corrected chi connectivity index (χ3v) is 3.13. The van der Waals surface area contributed by atoms with Crippen molar-refractivity contribution < 1.29 is 4.42 Å². The van der Waals surface area contributed by atoms with Crippen LogP contribution in [0.5, 0.6) is 0 Å². The van der Waals surface area contributed by atoms with Crippen LogP contribution in [0.3, 0.4) is 0 Å². The van der Waals surface area contributed by atoms with Gasteiger partial charge in [-0.25, -0.2) is 4.79 Å². The van der Waals surface area contributed by atoms with E-state index >= 15 is 0 Å². The maximum absolute atomic E-state index is 11.9. The van der Waals surface area contributed by atoms with E-state index in [0.717, 1.165) is 17.7 Å². The predicted molar refractivity (Wildman–Crippen MR) is 79.4 cm³/mol. The number of aryl methyl sites for hydroxylation is 1. The van der Waals surface area contributed by atoms with Gasteiger partial charge in [0.1, 0.15) is 0 Å². The number of rotatable bonds is 3. The Morgan fingerprint density at radius 2 is 1.95 bits per heavy atom. The smallest absolute Gasteiger partial charge is 0.348 e. The molecule has 0 aliphatic rings. The predicted octanol–water partition coefficient (Wildman–Crippen LogP) is 3.49. The van der Waals surface area contributed by atoms with E-state index in [1.807, 2.05) is 42.5 Å². The van der Waals surface area contributed by atoms with Gasteiger partial charge < -0.3 is 9.73 Å². The summed E-state index contributed by atoms with van der Waals surface area (Å²) in [5.74, 6) is 0. The molecule has 1 heterocycles. The highest BCUT2D eigenvalue weighted by Crippen LogP contribution is 2.17. The zero-order valence-electron chi connectivity index (χ0n) is 11.1. The maximum atomic E-state index is 11.9. The highest BCUT2D eigenvalue weighted by molar-refractivity contribution is 5.78. The molecular weight excluding hydrogens is 252 g/mol. The van der Waals surface area contributed by atoms with Gasteiger partial charge in [0.15, 0.2) is 0 Å². The summed E-state index contributed by atoms with van der Waals surface area (Å²) in [5.41, 5.74) is 2.24. The highest BCUT2D eigenvalue weighted by atomic mass is 16.4. The van der Waals surface area contributed by atoms with Gasteiger partial charge in [-0.15, -0.1) is 0 Å². The first-order chi connectivity index (χ1) is 9.76. The number of para-hydroxylation sites is 1. The van der Waals surface area contributed by atoms with Gasteiger partial charge in [0.25, 0.3) is 0 Å². The summed E-state index contributed by atoms with van der Waals surface area (Å²) < 4.78 is 5.19. The van der Waals surface area contributed by atoms with Crippen LogP contribution in [-0.4, -0.2) is 4.98 Å². The first-order valence-corrected chi connectivity index (χ1v) is 6.52. The first-order valence-electron chi connectivity index (χ1n) is 6.52. The van der Waals surface area contributed by atoms with Crippen molar-refractivity contribution >= 4 is 22.6 Å². The number of hydrogen-bond acceptors (Lipinski definition) is 4. The van der Waals surface area contributed by atoms with Crippen molar-refractivity contribution in [3.63, 3.8) is 0 Å². The Morgan fingerprint density at radius 1 is 1.15 bits per heavy atom. The van der Waals surface area contributed by atoms with Gasteiger partial charge in [0, 0.05) is 5.69 Å². The normalized spacial score (nSPS) is 10.7. The molecule has 0 unspecified atom stereocenters. The summed E-state index contributed by atoms with van der Waals surface area (Å²) in [5, 5.41) is 3.50. The molecule has 0 spiro atoms. The molecule has 0 saturated heterocycles. The molecule has 3 aromatic rings. The number of anilines is 2. The Kier molecular flexibility index (Phi) is 3.21. The van der Waals surface area contributed by atoms with Crippen molar-refractivity contribution in [2.24, 2.45) is 0 Å². The van der Waals surface area contributed by atoms with Crippen LogP contribution in [0.25, 0.3) is 10.9 Å². The molecule has 20 heavy (non-hydrogen) atoms. The van der Waals surface area contributed by atoms with Gasteiger partial charge in [-0.05, 0) is 36.2 Å². The van der Waals surface area contributed by atoms with E-state index in [2.05, 4.69) is 17.2 Å². The van der Waals surface area contributed by atoms with E-state index < -0.39 is 0 Å². The summed E-state index contributed by atoms with van der Waals surface area (Å²) in [6, 6.07) is 15.3. The molecule has 4 nitrogen and oxygen atoms in total. The molecule has 2 aromatic carbocycles. The SMILES string of the molecule is CCc1ccc2c(=O)oc(Nc3ccccc3)nc2c1. The van der Waals surface area contributed by atoms with Gasteiger partial charge in [0.2, 0.25) is 0 Å². The second-order valence-electron chi connectivity index (χ2n) is 4.50. The Hall–Kier alpha value is -2.62. The van der Waals surface area contributed by atoms with Crippen molar-refractivity contribution in [3.8, 4) is 0 Å². The summed E-state index contributed by atoms with van der Waals surface area (Å²) in [6.45, 7) is 2.07. The van der Waals surface area contributed by atoms with Crippen molar-refractivity contribution in [1.29, 1.82) is 0 Å². The fourth-order valence-electron chi connectivity index (χ4n) is 2.04. The number of aromatic nitrogens is 1. The third kappa shape index (κ3) is 2.40. The van der Waals surface area contributed by atoms with Crippen LogP contribution < -0.4 is 10.9 Å². The van der Waals surface area contributed by atoms with Crippen molar-refractivity contribution in [2.75, 3.05) is 5.32 Å². The van der Waals surface area contributed by atoms with E-state index in [0.29, 0.717) is 10.9 Å². The molecule has 0 amide bonds. The van der Waals surface area contributed by atoms with Gasteiger partial charge in [-0.3, -0.25) is 0 Å². The van der Waals surface area contributed by atoms with Gasteiger partial charge in [-0.1, -0.05) is 31.2 Å². The van der Waals surface area contributed by atoms with E-state index in [-0.39, 0.29) is 11.6 Å². The van der Waals surface area contributed by atoms with Crippen molar-refractivity contribution in [3.05, 3.63) is 64.5 Å². The number of fused-ring (bicyclic) bond motifs is 1. The molecule has 1 aromatic heterocycles. The molecule has 0 radical (unpaired) electrons. The maximum Gasteiger partial charge on any atom is 0.348 e. The zero-order valence-corrected chi connectivity index (χ0v) is 11.1. The molecule has 3 rings (SSSR count). The number of nitrogens with zero attached hydrogens (tertiary/aromatic N) is 1. The van der Waals surface area contributed by atoms with Crippen LogP contribution in [0.2, 0.25) is 0 Å². The molecular formula is C16H14N2O2. The molecule has 0 aliphatic heterocycles. The number of benzene rings is 2. The van der Waals surface area contributed by atoms with Crippen molar-refractivity contribution in [1.82, 2.24) is 4.98 Å². The van der Waals surface area contributed by atoms with Crippen LogP contribution in [0.15, 0.2) is 57.7 Å². The zero-order chi connectivity index (χ0) is 13.9. The molecule has 100 valence electrons. The fourth-order valence-corrected chi connectivity index (χ4v) is 2.04. The largest absolute Gasteiger partial charge is 0.388 e. The van der Waals surface area contributed by atoms with E-state index in [9.17, 15) is 4.79 Å². The standard InChI is InChI=1S/C16H14N2O2/c1-2-11-8-9-13-14(10-11)18-16(20-15(13)19)17-12-6-4-3-5-7-12/h3-10H,2H2,1H3,(H,17,18). The lowest BCUT2D eigenvalue weighted by molar-refractivity contribution is 0.522. The lowest BCUT2D eigenvalue weighted by atomic mass is 10.1. The minimum Gasteiger partial charge on any atom is -0.388 e. The van der Waals surface area contributed by atoms with E-state index in [1.165, 1.54) is 0 Å². The van der Waals surface area contributed by atoms with E-state index in [1.54, 1.807) is 6.07 Å². The first kappa shape index (κ1) is 12.4. The minimum absolute atomic E-state index is 0.210. The Balaban J connectivity index is 2.06. The molecule has 0 atom stereocenters. The second kappa shape index (κ2) is 5.17. The highest BCUT2D eigenvalue weighted by Gasteiger charge is 2.07. The monoisotopic (exact) mass is 266 g/mol. The summed E-state index contributed by atoms with van der Waals surface area (Å²) in [4.78, 5) is 16.3. The Morgan fingerprint density at radius 3 is 2.70 bits per heavy atom. The average molecular weight is 266 g/mol. The topological polar surface area (TPSA) is 55.1 Å². The minimum atomic E-state index is -0.379. The lowest BCUT2D eigenvalue weighted by Gasteiger charge is -2.05. The molecule has 0 aliphatic carbocycles. The fraction of sp³-hybridized carbons (Fsp3) is 0.125. The van der Waals surface area contributed by atoms with Crippen molar-refractivity contribution in [2.45, 2.75) is 13.3 Å². The van der Waals surface area contributed by atoms with Gasteiger partial charge in [-0.2, -0.15) is 4.98 Å². The quantitative estimate of drug-likeness (QED) is 0.788. The molecule has 0 bridgehead atoms. The van der Waals surface area contributed by atoms with E-state index in [4.69, 9.17) is 4.42 Å². The summed E-state index contributed by atoms with van der Waals surface area (Å²) in [7, 11) is 0. The molecule has 0 saturated carbocycles. The van der Waals surface area contributed by atoms with Crippen LogP contribution in [0.4, 0.5) is 11.7 Å². The molecule has 0 fully saturated rings. The second-order valence-corrected chi connectivity index (χ2v) is 4.50. The van der Waals surface area contributed by atoms with Crippen LogP contribution in [-0.2, 0) is 6.42 Å². The number of hydrogen-bond donors (Lipinski definition) is 1. The Bertz CT molecular complexity index is 794. The molecule has 4 heteroatoms. The summed E-state index contributed by atoms with van der Waals surface area (Å²) in [6.07, 6.45) is 0.902. The summed E-state index contributed by atoms with van der Waals surface area (Å²) >= 11 is 0. The number of nitrogens with one attached hydrogen (secondary N) is 1. The van der Waals surface area contributed by atoms with Crippen LogP contribution in [0.1, 0.15) is 12.5 Å². The molecule has 1 N–H and O–H groups in total. The lowest BCUT2D eigenvalue weighted by Crippen LogP contribution is -2.05. The van der Waals surface area contributed by atoms with Gasteiger partial charge >= 0.3 is 11.6 Å². The Labute approximate surface area is 116 Å². The van der Waals surface area contributed by atoms with Gasteiger partial charge in [0.05, 0.1) is 10.9 Å². The third-order valence-electron chi connectivity index (χ3n) is 3.13. The average Bonchev–Trinajstić information content (AvgIpc) is 2.47.